The van der Waals surface area contributed by atoms with Gasteiger partial charge in [-0.2, -0.15) is 5.10 Å². The van der Waals surface area contributed by atoms with Crippen molar-refractivity contribution in [3.8, 4) is 17.0 Å². The zero-order chi connectivity index (χ0) is 16.7. The third-order valence-electron chi connectivity index (χ3n) is 3.11. The van der Waals surface area contributed by atoms with Gasteiger partial charge >= 0.3 is 0 Å². The van der Waals surface area contributed by atoms with Gasteiger partial charge in [0.05, 0.1) is 17.9 Å². The van der Waals surface area contributed by atoms with Crippen LogP contribution in [0.15, 0.2) is 17.2 Å². The van der Waals surface area contributed by atoms with Crippen LogP contribution in [0.25, 0.3) is 11.3 Å². The van der Waals surface area contributed by atoms with E-state index in [0.29, 0.717) is 0 Å². The Bertz CT molecular complexity index is 834. The lowest BCUT2D eigenvalue weighted by Gasteiger charge is -2.07. The second kappa shape index (κ2) is 6.06. The number of hydrogen-bond acceptors (Lipinski definition) is 4. The number of aryl methyl sites for hydroxylation is 1. The summed E-state index contributed by atoms with van der Waals surface area (Å²) in [5, 5.41) is 3.84. The quantitative estimate of drug-likeness (QED) is 0.832. The Morgan fingerprint density at radius 1 is 1.36 bits per heavy atom. The molecule has 5 nitrogen and oxygen atoms in total. The van der Waals surface area contributed by atoms with Gasteiger partial charge in [0.25, 0.3) is 0 Å². The van der Waals surface area contributed by atoms with Crippen molar-refractivity contribution in [2.24, 2.45) is 7.05 Å². The highest BCUT2D eigenvalue weighted by Crippen LogP contribution is 2.38. The fourth-order valence-electron chi connectivity index (χ4n) is 2.00. The largest absolute Gasteiger partial charge is 0.495 e. The Morgan fingerprint density at radius 3 is 2.55 bits per heavy atom. The smallest absolute Gasteiger partial charge is 0.196 e. The number of benzene rings is 1. The molecule has 1 aromatic heterocycles. The highest BCUT2D eigenvalue weighted by atomic mass is 35.5. The van der Waals surface area contributed by atoms with Gasteiger partial charge in [0.1, 0.15) is 22.3 Å². The lowest BCUT2D eigenvalue weighted by molar-refractivity contribution is 0.414. The van der Waals surface area contributed by atoms with Crippen LogP contribution >= 0.6 is 23.2 Å². The summed E-state index contributed by atoms with van der Waals surface area (Å²) in [5.41, 5.74) is 0.0306. The summed E-state index contributed by atoms with van der Waals surface area (Å²) in [7, 11) is -0.776. The molecule has 0 amide bonds. The molecule has 2 aromatic rings. The molecule has 1 aromatic carbocycles. The van der Waals surface area contributed by atoms with Gasteiger partial charge in [0.2, 0.25) is 0 Å². The molecule has 2 rings (SSSR count). The lowest BCUT2D eigenvalue weighted by atomic mass is 10.1. The van der Waals surface area contributed by atoms with Crippen molar-refractivity contribution in [1.82, 2.24) is 9.78 Å². The topological polar surface area (TPSA) is 61.2 Å². The summed E-state index contributed by atoms with van der Waals surface area (Å²) >= 11 is 12.0. The minimum atomic E-state index is -3.59. The maximum atomic E-state index is 14.2. The fourth-order valence-corrected chi connectivity index (χ4v) is 3.92. The zero-order valence-electron chi connectivity index (χ0n) is 12.0. The molecule has 120 valence electrons. The second-order valence-corrected chi connectivity index (χ2v) is 7.44. The van der Waals surface area contributed by atoms with Crippen molar-refractivity contribution in [3.63, 3.8) is 0 Å². The van der Waals surface area contributed by atoms with Crippen LogP contribution in [-0.2, 0) is 16.9 Å². The molecule has 0 atom stereocenters. The molecule has 0 aliphatic heterocycles. The number of aromatic nitrogens is 2. The van der Waals surface area contributed by atoms with E-state index in [4.69, 9.17) is 27.9 Å². The van der Waals surface area contributed by atoms with Gasteiger partial charge in [-0.1, -0.05) is 30.1 Å². The summed E-state index contributed by atoms with van der Waals surface area (Å²) in [6.45, 7) is 1.49. The second-order valence-electron chi connectivity index (χ2n) is 4.46. The molecule has 0 aliphatic rings. The molecule has 0 aliphatic carbocycles. The zero-order valence-corrected chi connectivity index (χ0v) is 14.4. The van der Waals surface area contributed by atoms with Gasteiger partial charge in [-0.15, -0.1) is 0 Å². The summed E-state index contributed by atoms with van der Waals surface area (Å²) in [6, 6.07) is 2.39. The normalized spacial score (nSPS) is 11.7. The van der Waals surface area contributed by atoms with Crippen LogP contribution in [0, 0.1) is 5.82 Å². The third kappa shape index (κ3) is 2.80. The van der Waals surface area contributed by atoms with Crippen molar-refractivity contribution >= 4 is 33.0 Å². The highest BCUT2D eigenvalue weighted by molar-refractivity contribution is 7.91. The van der Waals surface area contributed by atoms with Crippen molar-refractivity contribution < 1.29 is 17.5 Å². The lowest BCUT2D eigenvalue weighted by Crippen LogP contribution is -2.10. The molecular weight excluding hydrogens is 354 g/mol. The van der Waals surface area contributed by atoms with Crippen LogP contribution in [0.3, 0.4) is 0 Å². The van der Waals surface area contributed by atoms with E-state index in [1.54, 1.807) is 0 Å². The maximum Gasteiger partial charge on any atom is 0.196 e. The summed E-state index contributed by atoms with van der Waals surface area (Å²) in [5.74, 6) is -0.580. The molecule has 0 saturated carbocycles. The number of halogens is 3. The predicted molar refractivity (Wildman–Crippen MR) is 82.9 cm³/mol. The summed E-state index contributed by atoms with van der Waals surface area (Å²) < 4.78 is 44.4. The van der Waals surface area contributed by atoms with Gasteiger partial charge in [-0.3, -0.25) is 4.68 Å². The van der Waals surface area contributed by atoms with E-state index >= 15 is 0 Å². The SMILES string of the molecule is CCS(=O)(=O)c1c(Cl)c(-c2cc(OC)c(Cl)cc2F)nn1C. The molecular formula is C13H13Cl2FN2O3S. The standard InChI is InChI=1S/C13H13Cl2FN2O3S/c1-4-22(19,20)13-11(15)12(17-18(13)2)7-5-10(21-3)8(14)6-9(7)16/h5-6H,4H2,1-3H3. The van der Waals surface area contributed by atoms with Gasteiger partial charge in [0.15, 0.2) is 14.9 Å². The molecule has 22 heavy (non-hydrogen) atoms. The first kappa shape index (κ1) is 17.1. The number of nitrogens with zero attached hydrogens (tertiary/aromatic N) is 2. The number of sulfone groups is 1. The van der Waals surface area contributed by atoms with E-state index in [9.17, 15) is 12.8 Å². The average Bonchev–Trinajstić information content (AvgIpc) is 2.74. The molecule has 0 saturated heterocycles. The van der Waals surface area contributed by atoms with Crippen molar-refractivity contribution in [2.75, 3.05) is 12.9 Å². The third-order valence-corrected chi connectivity index (χ3v) is 5.69. The van der Waals surface area contributed by atoms with Crippen molar-refractivity contribution in [2.45, 2.75) is 11.9 Å². The number of hydrogen-bond donors (Lipinski definition) is 0. The number of rotatable bonds is 4. The van der Waals surface area contributed by atoms with E-state index in [-0.39, 0.29) is 37.8 Å². The first-order valence-electron chi connectivity index (χ1n) is 6.21. The number of methoxy groups -OCH3 is 1. The van der Waals surface area contributed by atoms with Crippen LogP contribution in [0.1, 0.15) is 6.92 Å². The molecule has 0 N–H and O–H groups in total. The predicted octanol–water partition coefficient (Wildman–Crippen LogP) is 3.34. The highest BCUT2D eigenvalue weighted by Gasteiger charge is 2.27. The Morgan fingerprint density at radius 2 is 2.00 bits per heavy atom. The molecule has 0 spiro atoms. The summed E-state index contributed by atoms with van der Waals surface area (Å²) in [4.78, 5) is 0. The molecule has 0 radical (unpaired) electrons. The van der Waals surface area contributed by atoms with Crippen molar-refractivity contribution in [1.29, 1.82) is 0 Å². The minimum Gasteiger partial charge on any atom is -0.495 e. The Kier molecular flexibility index (Phi) is 4.70. The number of ether oxygens (including phenoxy) is 1. The Labute approximate surface area is 137 Å². The van der Waals surface area contributed by atoms with E-state index < -0.39 is 15.7 Å². The van der Waals surface area contributed by atoms with E-state index in [1.165, 1.54) is 27.1 Å². The molecule has 1 heterocycles. The van der Waals surface area contributed by atoms with Crippen LogP contribution in [0.4, 0.5) is 4.39 Å². The van der Waals surface area contributed by atoms with Gasteiger partial charge < -0.3 is 4.74 Å². The van der Waals surface area contributed by atoms with Gasteiger partial charge in [-0.05, 0) is 12.1 Å². The van der Waals surface area contributed by atoms with E-state index in [1.807, 2.05) is 0 Å². The maximum absolute atomic E-state index is 14.2. The van der Waals surface area contributed by atoms with Crippen LogP contribution in [0.5, 0.6) is 5.75 Å². The minimum absolute atomic E-state index is 0.0133. The van der Waals surface area contributed by atoms with E-state index in [2.05, 4.69) is 5.10 Å². The monoisotopic (exact) mass is 366 g/mol. The van der Waals surface area contributed by atoms with Crippen molar-refractivity contribution in [3.05, 3.63) is 28.0 Å². The molecule has 9 heteroatoms. The first-order chi connectivity index (χ1) is 10.2. The van der Waals surface area contributed by atoms with Crippen LogP contribution < -0.4 is 4.74 Å². The molecule has 0 bridgehead atoms. The Balaban J connectivity index is 2.73. The van der Waals surface area contributed by atoms with Gasteiger partial charge in [-0.25, -0.2) is 12.8 Å². The van der Waals surface area contributed by atoms with Gasteiger partial charge in [0, 0.05) is 12.6 Å². The average molecular weight is 367 g/mol. The van der Waals surface area contributed by atoms with E-state index in [0.717, 1.165) is 10.7 Å². The fraction of sp³-hybridized carbons (Fsp3) is 0.308. The Hall–Kier alpha value is -1.31. The molecule has 0 fully saturated rings. The van der Waals surface area contributed by atoms with Crippen LogP contribution in [0.2, 0.25) is 10.0 Å². The first-order valence-corrected chi connectivity index (χ1v) is 8.62. The molecule has 0 unspecified atom stereocenters. The summed E-state index contributed by atoms with van der Waals surface area (Å²) in [6.07, 6.45) is 0. The van der Waals surface area contributed by atoms with Crippen LogP contribution in [-0.4, -0.2) is 31.1 Å².